The molecule has 3 aromatic rings. The summed E-state index contributed by atoms with van der Waals surface area (Å²) >= 11 is 5.34. The molecule has 0 aliphatic carbocycles. The molecule has 0 unspecified atom stereocenters. The molecule has 0 amide bonds. The van der Waals surface area contributed by atoms with Crippen LogP contribution in [0.15, 0.2) is 48.5 Å². The van der Waals surface area contributed by atoms with E-state index in [1.54, 1.807) is 0 Å². The van der Waals surface area contributed by atoms with Crippen molar-refractivity contribution in [2.75, 3.05) is 18.5 Å². The Hall–Kier alpha value is -2.44. The Balaban J connectivity index is 1.38. The predicted molar refractivity (Wildman–Crippen MR) is 105 cm³/mol. The SMILES string of the molecule is S=C(NC[C@H]1CCCO1)Nc1ccc(-c2nc3ccccc3[nH]2)cc1. The summed E-state index contributed by atoms with van der Waals surface area (Å²) in [5.74, 6) is 0.867. The van der Waals surface area contributed by atoms with Crippen LogP contribution in [0.25, 0.3) is 22.4 Å². The van der Waals surface area contributed by atoms with Crippen molar-refractivity contribution in [2.45, 2.75) is 18.9 Å². The van der Waals surface area contributed by atoms with Gasteiger partial charge in [-0.2, -0.15) is 0 Å². The van der Waals surface area contributed by atoms with E-state index in [0.29, 0.717) is 5.11 Å². The van der Waals surface area contributed by atoms with E-state index >= 15 is 0 Å². The molecule has 4 rings (SSSR count). The highest BCUT2D eigenvalue weighted by atomic mass is 32.1. The minimum absolute atomic E-state index is 0.273. The van der Waals surface area contributed by atoms with Crippen LogP contribution in [0.3, 0.4) is 0 Å². The summed E-state index contributed by atoms with van der Waals surface area (Å²) in [4.78, 5) is 7.96. The Labute approximate surface area is 151 Å². The monoisotopic (exact) mass is 352 g/mol. The maximum Gasteiger partial charge on any atom is 0.170 e. The van der Waals surface area contributed by atoms with Crippen LogP contribution in [0.5, 0.6) is 0 Å². The zero-order valence-corrected chi connectivity index (χ0v) is 14.6. The lowest BCUT2D eigenvalue weighted by atomic mass is 10.2. The van der Waals surface area contributed by atoms with Crippen molar-refractivity contribution in [3.63, 3.8) is 0 Å². The fourth-order valence-corrected chi connectivity index (χ4v) is 3.19. The molecule has 2 heterocycles. The number of nitrogens with zero attached hydrogens (tertiary/aromatic N) is 1. The van der Waals surface area contributed by atoms with Crippen molar-refractivity contribution in [1.29, 1.82) is 0 Å². The Morgan fingerprint density at radius 1 is 1.20 bits per heavy atom. The van der Waals surface area contributed by atoms with Gasteiger partial charge in [-0.05, 0) is 61.5 Å². The van der Waals surface area contributed by atoms with Gasteiger partial charge in [-0.1, -0.05) is 12.1 Å². The van der Waals surface area contributed by atoms with Crippen molar-refractivity contribution < 1.29 is 4.74 Å². The molecule has 1 saturated heterocycles. The summed E-state index contributed by atoms with van der Waals surface area (Å²) in [6.45, 7) is 1.61. The zero-order valence-electron chi connectivity index (χ0n) is 13.8. The summed E-state index contributed by atoms with van der Waals surface area (Å²) in [6, 6.07) is 16.1. The van der Waals surface area contributed by atoms with Crippen molar-refractivity contribution in [3.8, 4) is 11.4 Å². The van der Waals surface area contributed by atoms with Gasteiger partial charge in [0.25, 0.3) is 0 Å². The molecule has 0 radical (unpaired) electrons. The van der Waals surface area contributed by atoms with Crippen LogP contribution in [0.4, 0.5) is 5.69 Å². The third kappa shape index (κ3) is 3.81. The fourth-order valence-electron chi connectivity index (χ4n) is 2.99. The van der Waals surface area contributed by atoms with Gasteiger partial charge in [0.15, 0.2) is 5.11 Å². The Kier molecular flexibility index (Phi) is 4.63. The maximum absolute atomic E-state index is 5.58. The first kappa shape index (κ1) is 16.1. The predicted octanol–water partition coefficient (Wildman–Crippen LogP) is 3.70. The highest BCUT2D eigenvalue weighted by Gasteiger charge is 2.15. The number of thiocarbonyl (C=S) groups is 1. The van der Waals surface area contributed by atoms with Crippen LogP contribution >= 0.6 is 12.2 Å². The van der Waals surface area contributed by atoms with E-state index in [0.717, 1.165) is 54.1 Å². The lowest BCUT2D eigenvalue weighted by Crippen LogP contribution is -2.34. The van der Waals surface area contributed by atoms with Crippen molar-refractivity contribution in [2.24, 2.45) is 0 Å². The van der Waals surface area contributed by atoms with Crippen LogP contribution in [0.1, 0.15) is 12.8 Å². The van der Waals surface area contributed by atoms with Gasteiger partial charge in [0.05, 0.1) is 17.1 Å². The maximum atomic E-state index is 5.58. The van der Waals surface area contributed by atoms with E-state index in [4.69, 9.17) is 17.0 Å². The number of hydrogen-bond donors (Lipinski definition) is 3. The van der Waals surface area contributed by atoms with Crippen LogP contribution in [-0.4, -0.2) is 34.3 Å². The second-order valence-corrected chi connectivity index (χ2v) is 6.56. The molecule has 1 aromatic heterocycles. The topological polar surface area (TPSA) is 62.0 Å². The van der Waals surface area contributed by atoms with Gasteiger partial charge < -0.3 is 20.4 Å². The molecule has 1 aliphatic heterocycles. The number of rotatable bonds is 4. The van der Waals surface area contributed by atoms with Crippen LogP contribution in [-0.2, 0) is 4.74 Å². The normalized spacial score (nSPS) is 16.9. The Morgan fingerprint density at radius 2 is 2.04 bits per heavy atom. The average molecular weight is 352 g/mol. The molecule has 1 atom stereocenters. The quantitative estimate of drug-likeness (QED) is 0.625. The smallest absolute Gasteiger partial charge is 0.170 e. The first-order chi connectivity index (χ1) is 12.3. The third-order valence-corrected chi connectivity index (χ3v) is 4.57. The summed E-state index contributed by atoms with van der Waals surface area (Å²) in [5.41, 5.74) is 4.00. The number of H-pyrrole nitrogens is 1. The zero-order chi connectivity index (χ0) is 17.1. The second kappa shape index (κ2) is 7.21. The molecule has 3 N–H and O–H groups in total. The van der Waals surface area contributed by atoms with E-state index in [-0.39, 0.29) is 6.10 Å². The van der Waals surface area contributed by atoms with Gasteiger partial charge in [-0.25, -0.2) is 4.98 Å². The van der Waals surface area contributed by atoms with Gasteiger partial charge in [-0.3, -0.25) is 0 Å². The van der Waals surface area contributed by atoms with E-state index in [9.17, 15) is 0 Å². The Morgan fingerprint density at radius 3 is 2.80 bits per heavy atom. The molecule has 25 heavy (non-hydrogen) atoms. The van der Waals surface area contributed by atoms with E-state index < -0.39 is 0 Å². The van der Waals surface area contributed by atoms with Gasteiger partial charge in [0, 0.05) is 24.4 Å². The molecule has 128 valence electrons. The lowest BCUT2D eigenvalue weighted by Gasteiger charge is -2.14. The molecule has 0 bridgehead atoms. The number of anilines is 1. The largest absolute Gasteiger partial charge is 0.376 e. The minimum Gasteiger partial charge on any atom is -0.376 e. The molecule has 5 nitrogen and oxygen atoms in total. The van der Waals surface area contributed by atoms with Gasteiger partial charge in [0.2, 0.25) is 0 Å². The first-order valence-corrected chi connectivity index (χ1v) is 8.90. The van der Waals surface area contributed by atoms with E-state index in [1.807, 2.05) is 48.5 Å². The van der Waals surface area contributed by atoms with Crippen LogP contribution in [0.2, 0.25) is 0 Å². The number of fused-ring (bicyclic) bond motifs is 1. The molecule has 1 fully saturated rings. The molecular weight excluding hydrogens is 332 g/mol. The van der Waals surface area contributed by atoms with Crippen LogP contribution in [0, 0.1) is 0 Å². The highest BCUT2D eigenvalue weighted by molar-refractivity contribution is 7.80. The van der Waals surface area contributed by atoms with Crippen molar-refractivity contribution >= 4 is 34.1 Å². The highest BCUT2D eigenvalue weighted by Crippen LogP contribution is 2.22. The third-order valence-electron chi connectivity index (χ3n) is 4.32. The van der Waals surface area contributed by atoms with E-state index in [1.165, 1.54) is 0 Å². The number of imidazole rings is 1. The Bertz CT molecular complexity index is 836. The molecule has 0 saturated carbocycles. The number of benzene rings is 2. The summed E-state index contributed by atoms with van der Waals surface area (Å²) in [7, 11) is 0. The molecule has 6 heteroatoms. The first-order valence-electron chi connectivity index (χ1n) is 8.49. The minimum atomic E-state index is 0.273. The number of ether oxygens (including phenoxy) is 1. The molecule has 1 aliphatic rings. The summed E-state index contributed by atoms with van der Waals surface area (Å²) < 4.78 is 5.58. The summed E-state index contributed by atoms with van der Waals surface area (Å²) in [6.07, 6.45) is 2.51. The van der Waals surface area contributed by atoms with Gasteiger partial charge in [-0.15, -0.1) is 0 Å². The van der Waals surface area contributed by atoms with Crippen molar-refractivity contribution in [1.82, 2.24) is 15.3 Å². The molecular formula is C19H20N4OS. The second-order valence-electron chi connectivity index (χ2n) is 6.15. The number of aromatic nitrogens is 2. The fraction of sp³-hybridized carbons (Fsp3) is 0.263. The van der Waals surface area contributed by atoms with E-state index in [2.05, 4.69) is 20.6 Å². The summed E-state index contributed by atoms with van der Waals surface area (Å²) in [5, 5.41) is 7.04. The number of nitrogens with one attached hydrogen (secondary N) is 3. The van der Waals surface area contributed by atoms with Gasteiger partial charge >= 0.3 is 0 Å². The lowest BCUT2D eigenvalue weighted by molar-refractivity contribution is 0.114. The number of aromatic amines is 1. The standard InChI is InChI=1S/C19H20N4OS/c25-19(20-12-15-4-3-11-24-15)21-14-9-7-13(8-10-14)18-22-16-5-1-2-6-17(16)23-18/h1-2,5-10,15H,3-4,11-12H2,(H,22,23)(H2,20,21,25)/t15-/m1/s1. The van der Waals surface area contributed by atoms with Gasteiger partial charge in [0.1, 0.15) is 5.82 Å². The van der Waals surface area contributed by atoms with Crippen LogP contribution < -0.4 is 10.6 Å². The number of para-hydroxylation sites is 2. The number of hydrogen-bond acceptors (Lipinski definition) is 3. The average Bonchev–Trinajstić information content (AvgIpc) is 3.30. The van der Waals surface area contributed by atoms with Crippen molar-refractivity contribution in [3.05, 3.63) is 48.5 Å². The molecule has 2 aromatic carbocycles. The molecule has 0 spiro atoms.